The van der Waals surface area contributed by atoms with Gasteiger partial charge in [-0.15, -0.1) is 0 Å². The predicted molar refractivity (Wildman–Crippen MR) is 83.5 cm³/mol. The van der Waals surface area contributed by atoms with Gasteiger partial charge in [-0.3, -0.25) is 9.78 Å². The molecule has 0 atom stereocenters. The van der Waals surface area contributed by atoms with Gasteiger partial charge in [-0.05, 0) is 30.9 Å². The molecule has 2 aromatic rings. The molecular weight excluding hydrogens is 284 g/mol. The van der Waals surface area contributed by atoms with E-state index in [9.17, 15) is 4.79 Å². The van der Waals surface area contributed by atoms with E-state index in [0.29, 0.717) is 16.6 Å². The maximum absolute atomic E-state index is 12.6. The van der Waals surface area contributed by atoms with Crippen molar-refractivity contribution in [1.29, 1.82) is 0 Å². The Labute approximate surface area is 129 Å². The van der Waals surface area contributed by atoms with Gasteiger partial charge in [0.1, 0.15) is 0 Å². The Morgan fingerprint density at radius 3 is 2.67 bits per heavy atom. The molecule has 3 nitrogen and oxygen atoms in total. The molecule has 1 aliphatic carbocycles. The summed E-state index contributed by atoms with van der Waals surface area (Å²) < 4.78 is 0. The van der Waals surface area contributed by atoms with Crippen molar-refractivity contribution in [3.8, 4) is 0 Å². The van der Waals surface area contributed by atoms with Gasteiger partial charge in [0, 0.05) is 25.0 Å². The van der Waals surface area contributed by atoms with Crippen LogP contribution in [-0.2, 0) is 6.42 Å². The van der Waals surface area contributed by atoms with E-state index in [1.54, 1.807) is 18.5 Å². The summed E-state index contributed by atoms with van der Waals surface area (Å²) in [5, 5.41) is 0.500. The van der Waals surface area contributed by atoms with Crippen LogP contribution in [0, 0.1) is 0 Å². The van der Waals surface area contributed by atoms with Crippen LogP contribution in [0.15, 0.2) is 48.8 Å². The third-order valence-corrected chi connectivity index (χ3v) is 3.89. The Morgan fingerprint density at radius 1 is 1.24 bits per heavy atom. The SMILES string of the molecule is O=C(c1cncc(Cl)c1)N(CCc1ccccc1)C1CC1. The predicted octanol–water partition coefficient (Wildman–Crippen LogP) is 3.58. The minimum absolute atomic E-state index is 0.0310. The van der Waals surface area contributed by atoms with Crippen LogP contribution in [0.4, 0.5) is 0 Å². The molecule has 1 fully saturated rings. The third kappa shape index (κ3) is 3.61. The van der Waals surface area contributed by atoms with Crippen LogP contribution in [0.2, 0.25) is 5.02 Å². The smallest absolute Gasteiger partial charge is 0.255 e. The highest BCUT2D eigenvalue weighted by Crippen LogP contribution is 2.28. The lowest BCUT2D eigenvalue weighted by molar-refractivity contribution is 0.0744. The minimum Gasteiger partial charge on any atom is -0.335 e. The van der Waals surface area contributed by atoms with Crippen LogP contribution < -0.4 is 0 Å². The zero-order chi connectivity index (χ0) is 14.7. The summed E-state index contributed by atoms with van der Waals surface area (Å²) >= 11 is 5.93. The zero-order valence-corrected chi connectivity index (χ0v) is 12.5. The van der Waals surface area contributed by atoms with Crippen molar-refractivity contribution in [3.63, 3.8) is 0 Å². The summed E-state index contributed by atoms with van der Waals surface area (Å²) in [4.78, 5) is 18.6. The van der Waals surface area contributed by atoms with Crippen molar-refractivity contribution >= 4 is 17.5 Å². The highest BCUT2D eigenvalue weighted by atomic mass is 35.5. The normalized spacial score (nSPS) is 14.0. The summed E-state index contributed by atoms with van der Waals surface area (Å²) in [7, 11) is 0. The summed E-state index contributed by atoms with van der Waals surface area (Å²) in [6.45, 7) is 0.736. The van der Waals surface area contributed by atoms with Crippen LogP contribution in [0.1, 0.15) is 28.8 Å². The first-order valence-corrected chi connectivity index (χ1v) is 7.57. The quantitative estimate of drug-likeness (QED) is 0.845. The lowest BCUT2D eigenvalue weighted by Gasteiger charge is -2.22. The second-order valence-electron chi connectivity index (χ2n) is 5.36. The molecule has 1 saturated carbocycles. The van der Waals surface area contributed by atoms with Gasteiger partial charge < -0.3 is 4.90 Å². The number of hydrogen-bond acceptors (Lipinski definition) is 2. The van der Waals surface area contributed by atoms with E-state index < -0.39 is 0 Å². The molecule has 0 aliphatic heterocycles. The average Bonchev–Trinajstić information content (AvgIpc) is 3.33. The molecular formula is C17H17ClN2O. The van der Waals surface area contributed by atoms with E-state index in [0.717, 1.165) is 25.8 Å². The zero-order valence-electron chi connectivity index (χ0n) is 11.7. The van der Waals surface area contributed by atoms with Gasteiger partial charge in [0.2, 0.25) is 0 Å². The fourth-order valence-electron chi connectivity index (χ4n) is 2.43. The largest absolute Gasteiger partial charge is 0.335 e. The van der Waals surface area contributed by atoms with Crippen molar-refractivity contribution < 1.29 is 4.79 Å². The van der Waals surface area contributed by atoms with E-state index in [4.69, 9.17) is 11.6 Å². The Bertz CT molecular complexity index is 626. The van der Waals surface area contributed by atoms with Gasteiger partial charge in [-0.25, -0.2) is 0 Å². The highest BCUT2D eigenvalue weighted by molar-refractivity contribution is 6.30. The number of amides is 1. The van der Waals surface area contributed by atoms with Crippen LogP contribution in [0.25, 0.3) is 0 Å². The van der Waals surface area contributed by atoms with Gasteiger partial charge >= 0.3 is 0 Å². The molecule has 0 spiro atoms. The number of carbonyl (C=O) groups is 1. The number of pyridine rings is 1. The van der Waals surface area contributed by atoms with Crippen molar-refractivity contribution in [1.82, 2.24) is 9.88 Å². The first-order valence-electron chi connectivity index (χ1n) is 7.19. The highest BCUT2D eigenvalue weighted by Gasteiger charge is 2.32. The molecule has 108 valence electrons. The number of halogens is 1. The van der Waals surface area contributed by atoms with Gasteiger partial charge in [-0.2, -0.15) is 0 Å². The molecule has 0 saturated heterocycles. The molecule has 0 unspecified atom stereocenters. The monoisotopic (exact) mass is 300 g/mol. The van der Waals surface area contributed by atoms with E-state index in [1.165, 1.54) is 5.56 Å². The van der Waals surface area contributed by atoms with Crippen LogP contribution in [-0.4, -0.2) is 28.4 Å². The van der Waals surface area contributed by atoms with Crippen molar-refractivity contribution in [3.05, 3.63) is 64.9 Å². The molecule has 1 amide bonds. The first-order chi connectivity index (χ1) is 10.2. The summed E-state index contributed by atoms with van der Waals surface area (Å²) in [6.07, 6.45) is 6.19. The molecule has 1 heterocycles. The van der Waals surface area contributed by atoms with E-state index in [1.807, 2.05) is 23.1 Å². The fourth-order valence-corrected chi connectivity index (χ4v) is 2.60. The molecule has 1 aromatic carbocycles. The standard InChI is InChI=1S/C17H17ClN2O/c18-15-10-14(11-19-12-15)17(21)20(16-6-7-16)9-8-13-4-2-1-3-5-13/h1-5,10-12,16H,6-9H2. The molecule has 1 aromatic heterocycles. The number of carbonyl (C=O) groups excluding carboxylic acids is 1. The Hall–Kier alpha value is -1.87. The number of aromatic nitrogens is 1. The van der Waals surface area contributed by atoms with E-state index in [-0.39, 0.29) is 5.91 Å². The lowest BCUT2D eigenvalue weighted by Crippen LogP contribution is -2.35. The topological polar surface area (TPSA) is 33.2 Å². The van der Waals surface area contributed by atoms with Gasteiger partial charge in [0.25, 0.3) is 5.91 Å². The number of rotatable bonds is 5. The molecule has 0 N–H and O–H groups in total. The van der Waals surface area contributed by atoms with Crippen molar-refractivity contribution in [2.75, 3.05) is 6.54 Å². The summed E-state index contributed by atoms with van der Waals surface area (Å²) in [6, 6.07) is 12.3. The summed E-state index contributed by atoms with van der Waals surface area (Å²) in [5.74, 6) is 0.0310. The van der Waals surface area contributed by atoms with Gasteiger partial charge in [0.05, 0.1) is 10.6 Å². The number of benzene rings is 1. The molecule has 0 radical (unpaired) electrons. The second kappa shape index (κ2) is 6.27. The maximum atomic E-state index is 12.6. The Balaban J connectivity index is 1.71. The number of hydrogen-bond donors (Lipinski definition) is 0. The second-order valence-corrected chi connectivity index (χ2v) is 5.79. The van der Waals surface area contributed by atoms with Gasteiger partial charge in [-0.1, -0.05) is 41.9 Å². The average molecular weight is 301 g/mol. The molecule has 0 bridgehead atoms. The Kier molecular flexibility index (Phi) is 4.20. The van der Waals surface area contributed by atoms with Crippen molar-refractivity contribution in [2.24, 2.45) is 0 Å². The lowest BCUT2D eigenvalue weighted by atomic mass is 10.1. The summed E-state index contributed by atoms with van der Waals surface area (Å²) in [5.41, 5.74) is 1.82. The third-order valence-electron chi connectivity index (χ3n) is 3.68. The van der Waals surface area contributed by atoms with E-state index >= 15 is 0 Å². The van der Waals surface area contributed by atoms with Crippen LogP contribution >= 0.6 is 11.6 Å². The maximum Gasteiger partial charge on any atom is 0.255 e. The Morgan fingerprint density at radius 2 is 2.00 bits per heavy atom. The minimum atomic E-state index is 0.0310. The molecule has 3 rings (SSSR count). The van der Waals surface area contributed by atoms with Crippen molar-refractivity contribution in [2.45, 2.75) is 25.3 Å². The fraction of sp³-hybridized carbons (Fsp3) is 0.294. The number of nitrogens with zero attached hydrogens (tertiary/aromatic N) is 2. The van der Waals surface area contributed by atoms with Crippen LogP contribution in [0.5, 0.6) is 0 Å². The first kappa shape index (κ1) is 14.1. The molecule has 4 heteroatoms. The van der Waals surface area contributed by atoms with Gasteiger partial charge in [0.15, 0.2) is 0 Å². The van der Waals surface area contributed by atoms with E-state index in [2.05, 4.69) is 17.1 Å². The van der Waals surface area contributed by atoms with Crippen LogP contribution in [0.3, 0.4) is 0 Å². The molecule has 21 heavy (non-hydrogen) atoms. The molecule has 1 aliphatic rings.